The van der Waals surface area contributed by atoms with Crippen LogP contribution in [0.2, 0.25) is 0 Å². The number of carboxylic acid groups (broad SMARTS) is 1. The highest BCUT2D eigenvalue weighted by Crippen LogP contribution is 2.23. The Hall–Kier alpha value is -2.62. The van der Waals surface area contributed by atoms with Crippen LogP contribution >= 0.6 is 0 Å². The lowest BCUT2D eigenvalue weighted by Gasteiger charge is -2.05. The zero-order chi connectivity index (χ0) is 14.8. The van der Waals surface area contributed by atoms with Gasteiger partial charge in [0.05, 0.1) is 5.39 Å². The predicted molar refractivity (Wildman–Crippen MR) is 80.6 cm³/mol. The maximum atomic E-state index is 12.3. The molecule has 1 heterocycles. The minimum atomic E-state index is -0.843. The molecule has 3 aromatic rings. The Kier molecular flexibility index (Phi) is 3.44. The largest absolute Gasteiger partial charge is 0.481 e. The van der Waals surface area contributed by atoms with Gasteiger partial charge in [0.1, 0.15) is 11.3 Å². The Balaban J connectivity index is 2.07. The molecule has 4 nitrogen and oxygen atoms in total. The number of hydrogen-bond donors (Lipinski definition) is 1. The summed E-state index contributed by atoms with van der Waals surface area (Å²) in [6, 6.07) is 12.9. The van der Waals surface area contributed by atoms with Gasteiger partial charge in [0, 0.05) is 18.9 Å². The van der Waals surface area contributed by atoms with Gasteiger partial charge in [0.2, 0.25) is 0 Å². The summed E-state index contributed by atoms with van der Waals surface area (Å²) >= 11 is 0. The number of benzene rings is 2. The lowest BCUT2D eigenvalue weighted by atomic mass is 10.0. The molecule has 0 atom stereocenters. The van der Waals surface area contributed by atoms with Crippen LogP contribution in [-0.2, 0) is 11.2 Å². The van der Waals surface area contributed by atoms with Gasteiger partial charge in [-0.1, -0.05) is 30.3 Å². The van der Waals surface area contributed by atoms with Crippen LogP contribution in [0.3, 0.4) is 0 Å². The molecule has 106 valence electrons. The summed E-state index contributed by atoms with van der Waals surface area (Å²) in [6.07, 6.45) is 0.973. The van der Waals surface area contributed by atoms with E-state index in [1.807, 2.05) is 30.3 Å². The third kappa shape index (κ3) is 2.65. The second-order valence-corrected chi connectivity index (χ2v) is 4.98. The summed E-state index contributed by atoms with van der Waals surface area (Å²) in [4.78, 5) is 22.9. The molecule has 3 rings (SSSR count). The first kappa shape index (κ1) is 13.4. The Labute approximate surface area is 120 Å². The second-order valence-electron chi connectivity index (χ2n) is 4.98. The summed E-state index contributed by atoms with van der Waals surface area (Å²) < 4.78 is 5.74. The molecular formula is C17H14O4. The van der Waals surface area contributed by atoms with Crippen molar-refractivity contribution in [2.45, 2.75) is 19.3 Å². The van der Waals surface area contributed by atoms with E-state index < -0.39 is 5.97 Å². The van der Waals surface area contributed by atoms with Gasteiger partial charge < -0.3 is 9.52 Å². The minimum absolute atomic E-state index is 0.0689. The van der Waals surface area contributed by atoms with Crippen LogP contribution in [0.15, 0.2) is 51.7 Å². The van der Waals surface area contributed by atoms with E-state index in [0.29, 0.717) is 29.6 Å². The van der Waals surface area contributed by atoms with Crippen LogP contribution in [0.4, 0.5) is 0 Å². The van der Waals surface area contributed by atoms with Crippen molar-refractivity contribution in [1.82, 2.24) is 0 Å². The Morgan fingerprint density at radius 1 is 1.14 bits per heavy atom. The molecule has 0 radical (unpaired) electrons. The average molecular weight is 282 g/mol. The van der Waals surface area contributed by atoms with Crippen LogP contribution in [0, 0.1) is 0 Å². The number of rotatable bonds is 4. The van der Waals surface area contributed by atoms with Crippen molar-refractivity contribution >= 4 is 27.7 Å². The quantitative estimate of drug-likeness (QED) is 0.745. The summed E-state index contributed by atoms with van der Waals surface area (Å²) in [5, 5.41) is 11.1. The molecule has 0 amide bonds. The number of aryl methyl sites for hydroxylation is 1. The molecule has 2 aromatic carbocycles. The lowest BCUT2D eigenvalue weighted by molar-refractivity contribution is -0.137. The first-order valence-corrected chi connectivity index (χ1v) is 6.81. The van der Waals surface area contributed by atoms with E-state index in [0.717, 1.165) is 10.8 Å². The molecule has 0 saturated heterocycles. The number of hydrogen-bond acceptors (Lipinski definition) is 3. The highest BCUT2D eigenvalue weighted by molar-refractivity contribution is 6.05. The van der Waals surface area contributed by atoms with E-state index in [2.05, 4.69) is 0 Å². The topological polar surface area (TPSA) is 67.5 Å². The fourth-order valence-corrected chi connectivity index (χ4v) is 2.52. The van der Waals surface area contributed by atoms with E-state index in [1.54, 1.807) is 6.07 Å². The van der Waals surface area contributed by atoms with E-state index in [9.17, 15) is 9.59 Å². The van der Waals surface area contributed by atoms with Crippen LogP contribution < -0.4 is 5.43 Å². The predicted octanol–water partition coefficient (Wildman–Crippen LogP) is 3.35. The van der Waals surface area contributed by atoms with Crippen molar-refractivity contribution in [3.63, 3.8) is 0 Å². The molecule has 1 N–H and O–H groups in total. The molecule has 0 saturated carbocycles. The molecule has 21 heavy (non-hydrogen) atoms. The average Bonchev–Trinajstić information content (AvgIpc) is 2.46. The molecule has 0 aliphatic heterocycles. The van der Waals surface area contributed by atoms with Crippen LogP contribution in [-0.4, -0.2) is 11.1 Å². The smallest absolute Gasteiger partial charge is 0.303 e. The zero-order valence-corrected chi connectivity index (χ0v) is 11.3. The third-order valence-electron chi connectivity index (χ3n) is 3.48. The van der Waals surface area contributed by atoms with Crippen molar-refractivity contribution in [3.05, 3.63) is 58.4 Å². The van der Waals surface area contributed by atoms with Gasteiger partial charge in [-0.2, -0.15) is 0 Å². The Morgan fingerprint density at radius 2 is 1.95 bits per heavy atom. The molecule has 0 spiro atoms. The maximum Gasteiger partial charge on any atom is 0.303 e. The van der Waals surface area contributed by atoms with Gasteiger partial charge in [-0.25, -0.2) is 0 Å². The van der Waals surface area contributed by atoms with E-state index in [4.69, 9.17) is 9.52 Å². The molecular weight excluding hydrogens is 268 g/mol. The van der Waals surface area contributed by atoms with E-state index in [1.165, 1.54) is 6.07 Å². The standard InChI is InChI=1S/C17H14O4/c18-14-10-12(5-3-7-16(19)20)21-15-9-8-11-4-1-2-6-13(11)17(14)15/h1-2,4,6,8-10H,3,5,7H2,(H,19,20). The van der Waals surface area contributed by atoms with Gasteiger partial charge in [-0.3, -0.25) is 9.59 Å². The van der Waals surface area contributed by atoms with Gasteiger partial charge in [-0.05, 0) is 23.3 Å². The van der Waals surface area contributed by atoms with E-state index >= 15 is 0 Å². The fraction of sp³-hybridized carbons (Fsp3) is 0.176. The van der Waals surface area contributed by atoms with Crippen molar-refractivity contribution in [2.75, 3.05) is 0 Å². The van der Waals surface area contributed by atoms with Gasteiger partial charge >= 0.3 is 5.97 Å². The number of carbonyl (C=O) groups is 1. The molecule has 1 aromatic heterocycles. The number of carboxylic acids is 1. The van der Waals surface area contributed by atoms with Gasteiger partial charge in [0.25, 0.3) is 0 Å². The lowest BCUT2D eigenvalue weighted by Crippen LogP contribution is -2.04. The number of aliphatic carboxylic acids is 1. The second kappa shape index (κ2) is 5.40. The van der Waals surface area contributed by atoms with E-state index in [-0.39, 0.29) is 11.8 Å². The summed E-state index contributed by atoms with van der Waals surface area (Å²) in [5.74, 6) is -0.312. The van der Waals surface area contributed by atoms with Crippen molar-refractivity contribution in [3.8, 4) is 0 Å². The molecule has 0 fully saturated rings. The molecule has 0 aliphatic carbocycles. The summed E-state index contributed by atoms with van der Waals surface area (Å²) in [5.41, 5.74) is 0.463. The Bertz CT molecular complexity index is 877. The number of fused-ring (bicyclic) bond motifs is 3. The van der Waals surface area contributed by atoms with Crippen LogP contribution in [0.1, 0.15) is 18.6 Å². The third-order valence-corrected chi connectivity index (χ3v) is 3.48. The first-order valence-electron chi connectivity index (χ1n) is 6.81. The monoisotopic (exact) mass is 282 g/mol. The Morgan fingerprint density at radius 3 is 2.76 bits per heavy atom. The molecule has 0 unspecified atom stereocenters. The van der Waals surface area contributed by atoms with Crippen LogP contribution in [0.5, 0.6) is 0 Å². The SMILES string of the molecule is O=C(O)CCCc1cc(=O)c2c(ccc3ccccc32)o1. The molecule has 0 aliphatic rings. The maximum absolute atomic E-state index is 12.3. The first-order chi connectivity index (χ1) is 10.1. The van der Waals surface area contributed by atoms with Gasteiger partial charge in [0.15, 0.2) is 5.43 Å². The van der Waals surface area contributed by atoms with Crippen molar-refractivity contribution < 1.29 is 14.3 Å². The fourth-order valence-electron chi connectivity index (χ4n) is 2.52. The highest BCUT2D eigenvalue weighted by atomic mass is 16.4. The minimum Gasteiger partial charge on any atom is -0.481 e. The normalized spacial score (nSPS) is 11.0. The molecule has 0 bridgehead atoms. The summed E-state index contributed by atoms with van der Waals surface area (Å²) in [6.45, 7) is 0. The molecule has 4 heteroatoms. The highest BCUT2D eigenvalue weighted by Gasteiger charge is 2.09. The van der Waals surface area contributed by atoms with Crippen LogP contribution in [0.25, 0.3) is 21.7 Å². The van der Waals surface area contributed by atoms with Crippen molar-refractivity contribution in [1.29, 1.82) is 0 Å². The summed E-state index contributed by atoms with van der Waals surface area (Å²) in [7, 11) is 0. The van der Waals surface area contributed by atoms with Crippen molar-refractivity contribution in [2.24, 2.45) is 0 Å². The van der Waals surface area contributed by atoms with Gasteiger partial charge in [-0.15, -0.1) is 0 Å². The zero-order valence-electron chi connectivity index (χ0n) is 11.3.